The number of rotatable bonds is 11. The molecule has 0 aliphatic rings. The molecule has 8 heteroatoms. The predicted octanol–water partition coefficient (Wildman–Crippen LogP) is 6.46. The van der Waals surface area contributed by atoms with E-state index in [4.69, 9.17) is 9.15 Å². The first kappa shape index (κ1) is 27.0. The van der Waals surface area contributed by atoms with E-state index in [-0.39, 0.29) is 18.3 Å². The molecule has 0 atom stereocenters. The van der Waals surface area contributed by atoms with Gasteiger partial charge in [0.1, 0.15) is 17.0 Å². The molecule has 4 aromatic rings. The molecule has 0 saturated carbocycles. The van der Waals surface area contributed by atoms with Gasteiger partial charge in [-0.25, -0.2) is 0 Å². The number of nitrogens with zero attached hydrogens (tertiary/aromatic N) is 3. The van der Waals surface area contributed by atoms with Gasteiger partial charge in [0.15, 0.2) is 5.58 Å². The molecule has 1 amide bonds. The van der Waals surface area contributed by atoms with E-state index in [1.54, 1.807) is 18.2 Å². The van der Waals surface area contributed by atoms with Crippen molar-refractivity contribution in [3.63, 3.8) is 0 Å². The summed E-state index contributed by atoms with van der Waals surface area (Å²) in [5.41, 5.74) is 2.55. The number of carbonyl (C=O) groups is 1. The summed E-state index contributed by atoms with van der Waals surface area (Å²) < 4.78 is 11.8. The monoisotopic (exact) mass is 508 g/mol. The number of carbonyl (C=O) groups excluding carboxylic acids is 1. The summed E-state index contributed by atoms with van der Waals surface area (Å²) in [5, 5.41) is 2.94. The van der Waals surface area contributed by atoms with Crippen LogP contribution in [0.4, 0.5) is 11.7 Å². The maximum Gasteiger partial charge on any atom is 0.298 e. The van der Waals surface area contributed by atoms with Crippen molar-refractivity contribution in [2.75, 3.05) is 43.4 Å². The summed E-state index contributed by atoms with van der Waals surface area (Å²) in [6, 6.07) is 22.6. The smallest absolute Gasteiger partial charge is 0.298 e. The number of hydrogen-bond donors (Lipinski definition) is 1. The first-order valence-electron chi connectivity index (χ1n) is 12.0. The van der Waals surface area contributed by atoms with Crippen molar-refractivity contribution in [1.29, 1.82) is 0 Å². The second-order valence-corrected chi connectivity index (χ2v) is 8.38. The van der Waals surface area contributed by atoms with Crippen molar-refractivity contribution in [3.8, 4) is 11.5 Å². The topological polar surface area (TPSA) is 70.8 Å². The molecule has 7 nitrogen and oxygen atoms in total. The van der Waals surface area contributed by atoms with E-state index in [1.807, 2.05) is 66.5 Å². The largest absolute Gasteiger partial charge is 0.457 e. The Labute approximate surface area is 218 Å². The minimum absolute atomic E-state index is 0. The Bertz CT molecular complexity index is 1260. The third kappa shape index (κ3) is 6.99. The molecule has 36 heavy (non-hydrogen) atoms. The third-order valence-electron chi connectivity index (χ3n) is 5.90. The molecule has 1 N–H and O–H groups in total. The van der Waals surface area contributed by atoms with Crippen molar-refractivity contribution in [2.45, 2.75) is 20.3 Å². The molecule has 0 spiro atoms. The van der Waals surface area contributed by atoms with Crippen LogP contribution >= 0.6 is 12.4 Å². The number of halogens is 1. The molecular formula is C28H33ClN4O3. The highest BCUT2D eigenvalue weighted by atomic mass is 35.5. The van der Waals surface area contributed by atoms with Crippen LogP contribution in [-0.4, -0.2) is 49.0 Å². The fourth-order valence-electron chi connectivity index (χ4n) is 3.85. The number of benzene rings is 3. The van der Waals surface area contributed by atoms with Gasteiger partial charge >= 0.3 is 0 Å². The van der Waals surface area contributed by atoms with Crippen LogP contribution in [0.5, 0.6) is 11.5 Å². The molecule has 1 heterocycles. The molecule has 3 aromatic carbocycles. The Morgan fingerprint density at radius 3 is 2.44 bits per heavy atom. The summed E-state index contributed by atoms with van der Waals surface area (Å²) in [4.78, 5) is 21.9. The van der Waals surface area contributed by atoms with Gasteiger partial charge in [0.25, 0.3) is 11.9 Å². The predicted molar refractivity (Wildman–Crippen MR) is 148 cm³/mol. The molecule has 190 valence electrons. The summed E-state index contributed by atoms with van der Waals surface area (Å²) in [6.07, 6.45) is 1.03. The van der Waals surface area contributed by atoms with Crippen LogP contribution in [0, 0.1) is 0 Å². The summed E-state index contributed by atoms with van der Waals surface area (Å²) in [6.45, 7) is 8.38. The second kappa shape index (κ2) is 13.0. The normalized spacial score (nSPS) is 10.8. The van der Waals surface area contributed by atoms with Gasteiger partial charge in [-0.05, 0) is 74.6 Å². The van der Waals surface area contributed by atoms with Gasteiger partial charge in [-0.2, -0.15) is 4.98 Å². The lowest BCUT2D eigenvalue weighted by molar-refractivity contribution is 0.102. The molecule has 0 bridgehead atoms. The maximum absolute atomic E-state index is 12.9. The van der Waals surface area contributed by atoms with Gasteiger partial charge < -0.3 is 24.3 Å². The molecular weight excluding hydrogens is 476 g/mol. The average molecular weight is 509 g/mol. The van der Waals surface area contributed by atoms with E-state index < -0.39 is 0 Å². The number of nitrogens with one attached hydrogen (secondary N) is 1. The summed E-state index contributed by atoms with van der Waals surface area (Å²) >= 11 is 0. The number of hydrogen-bond acceptors (Lipinski definition) is 6. The average Bonchev–Trinajstić information content (AvgIpc) is 3.31. The van der Waals surface area contributed by atoms with Crippen molar-refractivity contribution in [2.24, 2.45) is 0 Å². The van der Waals surface area contributed by atoms with Gasteiger partial charge in [0, 0.05) is 24.8 Å². The Morgan fingerprint density at radius 2 is 1.69 bits per heavy atom. The molecule has 1 aromatic heterocycles. The molecule has 0 aliphatic carbocycles. The number of ether oxygens (including phenoxy) is 1. The van der Waals surface area contributed by atoms with Gasteiger partial charge in [0.2, 0.25) is 0 Å². The zero-order valence-corrected chi connectivity index (χ0v) is 21.8. The second-order valence-electron chi connectivity index (χ2n) is 8.38. The number of amides is 1. The van der Waals surface area contributed by atoms with Crippen LogP contribution in [0.25, 0.3) is 11.1 Å². The molecule has 0 fully saturated rings. The highest BCUT2D eigenvalue weighted by molar-refractivity contribution is 6.05. The third-order valence-corrected chi connectivity index (χ3v) is 5.90. The minimum Gasteiger partial charge on any atom is -0.457 e. The van der Waals surface area contributed by atoms with E-state index in [9.17, 15) is 4.79 Å². The van der Waals surface area contributed by atoms with Gasteiger partial charge in [-0.3, -0.25) is 4.79 Å². The lowest BCUT2D eigenvalue weighted by Gasteiger charge is -2.20. The van der Waals surface area contributed by atoms with Crippen LogP contribution < -0.4 is 15.0 Å². The number of fused-ring (bicyclic) bond motifs is 1. The van der Waals surface area contributed by atoms with E-state index in [0.717, 1.165) is 38.3 Å². The molecule has 0 radical (unpaired) electrons. The first-order chi connectivity index (χ1) is 17.1. The number of oxazole rings is 1. The Balaban J connectivity index is 0.00000361. The van der Waals surface area contributed by atoms with Crippen molar-refractivity contribution in [3.05, 3.63) is 78.4 Å². The van der Waals surface area contributed by atoms with E-state index in [2.05, 4.69) is 29.0 Å². The highest BCUT2D eigenvalue weighted by Crippen LogP contribution is 2.26. The van der Waals surface area contributed by atoms with Crippen molar-refractivity contribution < 1.29 is 13.9 Å². The maximum atomic E-state index is 12.9. The van der Waals surface area contributed by atoms with Crippen LogP contribution in [0.1, 0.15) is 30.6 Å². The minimum atomic E-state index is -0.222. The number of aromatic nitrogens is 1. The Hall–Kier alpha value is -3.55. The molecule has 4 rings (SSSR count). The van der Waals surface area contributed by atoms with Crippen molar-refractivity contribution >= 4 is 41.1 Å². The SMILES string of the molecule is CCN(CC)CCCN(C)c1nc2cc(NC(=O)c3cccc(Oc4ccccc4)c3)ccc2o1.Cl. The van der Waals surface area contributed by atoms with Gasteiger partial charge in [0.05, 0.1) is 0 Å². The Kier molecular flexibility index (Phi) is 9.73. The van der Waals surface area contributed by atoms with E-state index in [0.29, 0.717) is 34.1 Å². The van der Waals surface area contributed by atoms with Crippen LogP contribution in [0.15, 0.2) is 77.2 Å². The summed E-state index contributed by atoms with van der Waals surface area (Å²) in [5.74, 6) is 1.10. The zero-order valence-electron chi connectivity index (χ0n) is 20.9. The molecule has 0 saturated heterocycles. The van der Waals surface area contributed by atoms with E-state index in [1.165, 1.54) is 0 Å². The number of anilines is 2. The summed E-state index contributed by atoms with van der Waals surface area (Å²) in [7, 11) is 1.99. The lowest BCUT2D eigenvalue weighted by Crippen LogP contribution is -2.28. The van der Waals surface area contributed by atoms with Crippen molar-refractivity contribution in [1.82, 2.24) is 9.88 Å². The standard InChI is InChI=1S/C28H32N4O3.ClH/c1-4-32(5-2)18-10-17-31(3)28-30-25-20-22(15-16-26(25)35-28)29-27(33)21-11-9-14-24(19-21)34-23-12-7-6-8-13-23;/h6-9,11-16,19-20H,4-5,10,17-18H2,1-3H3,(H,29,33);1H. The fourth-order valence-corrected chi connectivity index (χ4v) is 3.85. The zero-order chi connectivity index (χ0) is 24.6. The number of para-hydroxylation sites is 1. The van der Waals surface area contributed by atoms with Crippen LogP contribution in [0.3, 0.4) is 0 Å². The van der Waals surface area contributed by atoms with Gasteiger partial charge in [-0.1, -0.05) is 38.1 Å². The van der Waals surface area contributed by atoms with Gasteiger partial charge in [-0.15, -0.1) is 12.4 Å². The fraction of sp³-hybridized carbons (Fsp3) is 0.286. The van der Waals surface area contributed by atoms with E-state index >= 15 is 0 Å². The molecule has 0 unspecified atom stereocenters. The Morgan fingerprint density at radius 1 is 0.944 bits per heavy atom. The van der Waals surface area contributed by atoms with Crippen LogP contribution in [-0.2, 0) is 0 Å². The highest BCUT2D eigenvalue weighted by Gasteiger charge is 2.13. The molecule has 0 aliphatic heterocycles. The lowest BCUT2D eigenvalue weighted by atomic mass is 10.2. The van der Waals surface area contributed by atoms with Crippen LogP contribution in [0.2, 0.25) is 0 Å². The first-order valence-corrected chi connectivity index (χ1v) is 12.0. The quantitative estimate of drug-likeness (QED) is 0.250.